The summed E-state index contributed by atoms with van der Waals surface area (Å²) in [5.74, 6) is 0.188. The molecule has 0 fully saturated rings. The van der Waals surface area contributed by atoms with E-state index >= 15 is 0 Å². The topological polar surface area (TPSA) is 73.3 Å². The summed E-state index contributed by atoms with van der Waals surface area (Å²) in [6.45, 7) is 5.06. The Hall–Kier alpha value is -1.39. The molecule has 112 valence electrons. The highest BCUT2D eigenvalue weighted by Gasteiger charge is 2.25. The Balaban J connectivity index is 3.07. The summed E-state index contributed by atoms with van der Waals surface area (Å²) in [5.41, 5.74) is 6.80. The lowest BCUT2D eigenvalue weighted by Gasteiger charge is -2.37. The Morgan fingerprint density at radius 2 is 1.85 bits per heavy atom. The van der Waals surface area contributed by atoms with E-state index in [0.717, 1.165) is 18.4 Å². The molecule has 20 heavy (non-hydrogen) atoms. The SMILES string of the molecule is CCC(CC)N(CCO)C(CC(=N)N)c1ccccc1. The first-order chi connectivity index (χ1) is 9.63. The molecular weight excluding hydrogens is 250 g/mol. The molecular formula is C16H27N3O. The van der Waals surface area contributed by atoms with Crippen molar-refractivity contribution in [2.24, 2.45) is 5.73 Å². The second-order valence-corrected chi connectivity index (χ2v) is 5.09. The molecule has 1 aromatic rings. The van der Waals surface area contributed by atoms with E-state index in [1.165, 1.54) is 0 Å². The maximum absolute atomic E-state index is 9.38. The van der Waals surface area contributed by atoms with Crippen LogP contribution in [0.3, 0.4) is 0 Å². The van der Waals surface area contributed by atoms with Crippen molar-refractivity contribution >= 4 is 5.84 Å². The fourth-order valence-corrected chi connectivity index (χ4v) is 2.78. The van der Waals surface area contributed by atoms with Gasteiger partial charge >= 0.3 is 0 Å². The van der Waals surface area contributed by atoms with Crippen LogP contribution in [-0.2, 0) is 0 Å². The molecule has 0 amide bonds. The van der Waals surface area contributed by atoms with Crippen LogP contribution in [0.15, 0.2) is 30.3 Å². The summed E-state index contributed by atoms with van der Waals surface area (Å²) < 4.78 is 0. The van der Waals surface area contributed by atoms with E-state index in [4.69, 9.17) is 11.1 Å². The van der Waals surface area contributed by atoms with E-state index in [9.17, 15) is 5.11 Å². The highest BCUT2D eigenvalue weighted by molar-refractivity contribution is 5.77. The van der Waals surface area contributed by atoms with Crippen molar-refractivity contribution < 1.29 is 5.11 Å². The molecule has 0 aliphatic carbocycles. The number of benzene rings is 1. The van der Waals surface area contributed by atoms with Crippen LogP contribution in [-0.4, -0.2) is 35.0 Å². The lowest BCUT2D eigenvalue weighted by molar-refractivity contribution is 0.0987. The number of amidine groups is 1. The minimum atomic E-state index is 0.0609. The van der Waals surface area contributed by atoms with Crippen LogP contribution < -0.4 is 5.73 Å². The van der Waals surface area contributed by atoms with Gasteiger partial charge in [0.15, 0.2) is 0 Å². The van der Waals surface area contributed by atoms with Crippen LogP contribution in [0.1, 0.15) is 44.7 Å². The molecule has 4 heteroatoms. The zero-order valence-corrected chi connectivity index (χ0v) is 12.5. The van der Waals surface area contributed by atoms with E-state index in [2.05, 4.69) is 30.9 Å². The highest BCUT2D eigenvalue weighted by Crippen LogP contribution is 2.28. The summed E-state index contributed by atoms with van der Waals surface area (Å²) >= 11 is 0. The molecule has 0 aromatic heterocycles. The van der Waals surface area contributed by atoms with E-state index in [1.54, 1.807) is 0 Å². The van der Waals surface area contributed by atoms with Crippen LogP contribution >= 0.6 is 0 Å². The van der Waals surface area contributed by atoms with Crippen molar-refractivity contribution in [3.8, 4) is 0 Å². The first-order valence-corrected chi connectivity index (χ1v) is 7.38. The molecule has 4 N–H and O–H groups in total. The molecule has 0 saturated carbocycles. The molecule has 1 aromatic carbocycles. The molecule has 1 unspecified atom stereocenters. The predicted octanol–water partition coefficient (Wildman–Crippen LogP) is 2.54. The Morgan fingerprint density at radius 3 is 2.30 bits per heavy atom. The third-order valence-corrected chi connectivity index (χ3v) is 3.77. The van der Waals surface area contributed by atoms with E-state index in [-0.39, 0.29) is 18.5 Å². The summed E-state index contributed by atoms with van der Waals surface area (Å²) in [4.78, 5) is 2.29. The molecule has 1 atom stereocenters. The fraction of sp³-hybridized carbons (Fsp3) is 0.562. The van der Waals surface area contributed by atoms with Crippen molar-refractivity contribution in [3.05, 3.63) is 35.9 Å². The van der Waals surface area contributed by atoms with Gasteiger partial charge in [-0.05, 0) is 18.4 Å². The van der Waals surface area contributed by atoms with Gasteiger partial charge in [-0.25, -0.2) is 0 Å². The van der Waals surface area contributed by atoms with Crippen molar-refractivity contribution in [1.82, 2.24) is 4.90 Å². The van der Waals surface area contributed by atoms with Gasteiger partial charge in [-0.1, -0.05) is 44.2 Å². The van der Waals surface area contributed by atoms with Crippen molar-refractivity contribution in [1.29, 1.82) is 5.41 Å². The molecule has 0 aliphatic rings. The Kier molecular flexibility index (Phi) is 7.26. The predicted molar refractivity (Wildman–Crippen MR) is 83.9 cm³/mol. The maximum atomic E-state index is 9.38. The van der Waals surface area contributed by atoms with Gasteiger partial charge in [0.25, 0.3) is 0 Å². The van der Waals surface area contributed by atoms with Crippen molar-refractivity contribution in [3.63, 3.8) is 0 Å². The molecule has 0 bridgehead atoms. The Morgan fingerprint density at radius 1 is 1.25 bits per heavy atom. The first-order valence-electron chi connectivity index (χ1n) is 7.38. The minimum Gasteiger partial charge on any atom is -0.395 e. The van der Waals surface area contributed by atoms with Crippen LogP contribution in [0.25, 0.3) is 0 Å². The Labute approximate surface area is 122 Å². The molecule has 0 spiro atoms. The van der Waals surface area contributed by atoms with Crippen molar-refractivity contribution in [2.75, 3.05) is 13.2 Å². The molecule has 0 radical (unpaired) electrons. The van der Waals surface area contributed by atoms with Gasteiger partial charge in [0.2, 0.25) is 0 Å². The van der Waals surface area contributed by atoms with Gasteiger partial charge in [-0.15, -0.1) is 0 Å². The summed E-state index contributed by atoms with van der Waals surface area (Å²) in [6.07, 6.45) is 2.55. The molecule has 0 saturated heterocycles. The smallest absolute Gasteiger partial charge is 0.0924 e. The standard InChI is InChI=1S/C16H27N3O/c1-3-14(4-2)19(10-11-20)15(12-16(17)18)13-8-6-5-7-9-13/h5-9,14-15,20H,3-4,10-12H2,1-2H3,(H3,17,18). The van der Waals surface area contributed by atoms with Gasteiger partial charge in [0, 0.05) is 25.0 Å². The number of aliphatic hydroxyl groups excluding tert-OH is 1. The zero-order valence-electron chi connectivity index (χ0n) is 12.5. The average Bonchev–Trinajstić information content (AvgIpc) is 2.46. The molecule has 1 rings (SSSR count). The minimum absolute atomic E-state index is 0.0609. The normalized spacial score (nSPS) is 12.8. The second-order valence-electron chi connectivity index (χ2n) is 5.09. The number of rotatable bonds is 9. The monoisotopic (exact) mass is 277 g/mol. The van der Waals surface area contributed by atoms with Crippen LogP contribution in [0.2, 0.25) is 0 Å². The number of hydrogen-bond donors (Lipinski definition) is 3. The van der Waals surface area contributed by atoms with E-state index < -0.39 is 0 Å². The van der Waals surface area contributed by atoms with Crippen LogP contribution in [0, 0.1) is 5.41 Å². The van der Waals surface area contributed by atoms with E-state index in [1.807, 2.05) is 18.2 Å². The van der Waals surface area contributed by atoms with Crippen LogP contribution in [0.4, 0.5) is 0 Å². The lowest BCUT2D eigenvalue weighted by Crippen LogP contribution is -2.41. The van der Waals surface area contributed by atoms with Crippen LogP contribution in [0.5, 0.6) is 0 Å². The fourth-order valence-electron chi connectivity index (χ4n) is 2.78. The number of nitrogens with one attached hydrogen (secondary N) is 1. The zero-order chi connectivity index (χ0) is 15.0. The van der Waals surface area contributed by atoms with Gasteiger partial charge in [-0.3, -0.25) is 10.3 Å². The number of nitrogens with two attached hydrogens (primary N) is 1. The first kappa shape index (κ1) is 16.7. The third kappa shape index (κ3) is 4.62. The Bertz CT molecular complexity index is 390. The van der Waals surface area contributed by atoms with E-state index in [0.29, 0.717) is 19.0 Å². The van der Waals surface area contributed by atoms with Crippen molar-refractivity contribution in [2.45, 2.75) is 45.2 Å². The maximum Gasteiger partial charge on any atom is 0.0924 e. The number of aliphatic hydroxyl groups is 1. The van der Waals surface area contributed by atoms with Gasteiger partial charge < -0.3 is 10.8 Å². The summed E-state index contributed by atoms with van der Waals surface area (Å²) in [5, 5.41) is 17.0. The number of hydrogen-bond acceptors (Lipinski definition) is 3. The van der Waals surface area contributed by atoms with Gasteiger partial charge in [-0.2, -0.15) is 0 Å². The van der Waals surface area contributed by atoms with Gasteiger partial charge in [0.1, 0.15) is 0 Å². The van der Waals surface area contributed by atoms with Gasteiger partial charge in [0.05, 0.1) is 12.4 Å². The number of nitrogens with zero attached hydrogens (tertiary/aromatic N) is 1. The summed E-state index contributed by atoms with van der Waals surface area (Å²) in [7, 11) is 0. The lowest BCUT2D eigenvalue weighted by atomic mass is 9.97. The molecule has 4 nitrogen and oxygen atoms in total. The highest BCUT2D eigenvalue weighted by atomic mass is 16.3. The third-order valence-electron chi connectivity index (χ3n) is 3.77. The second kappa shape index (κ2) is 8.72. The molecule has 0 aliphatic heterocycles. The molecule has 0 heterocycles. The largest absolute Gasteiger partial charge is 0.395 e. The quantitative estimate of drug-likeness (QED) is 0.480. The average molecular weight is 277 g/mol. The summed E-state index contributed by atoms with van der Waals surface area (Å²) in [6, 6.07) is 10.6.